The Morgan fingerprint density at radius 3 is 2.44 bits per heavy atom. The number of nitrogens with one attached hydrogen (secondary N) is 2. The zero-order chi connectivity index (χ0) is 14.0. The highest BCUT2D eigenvalue weighted by Crippen LogP contribution is 2.37. The average Bonchev–Trinajstić information content (AvgIpc) is 2.60. The van der Waals surface area contributed by atoms with Gasteiger partial charge in [0.15, 0.2) is 0 Å². The van der Waals surface area contributed by atoms with Gasteiger partial charge in [0.1, 0.15) is 0 Å². The molecule has 0 spiro atoms. The van der Waals surface area contributed by atoms with Gasteiger partial charge in [-0.3, -0.25) is 4.79 Å². The molecule has 0 saturated heterocycles. The van der Waals surface area contributed by atoms with Crippen molar-refractivity contribution in [1.82, 2.24) is 10.6 Å². The van der Waals surface area contributed by atoms with Crippen LogP contribution in [0.2, 0.25) is 0 Å². The largest absolute Gasteiger partial charge is 0.351 e. The van der Waals surface area contributed by atoms with E-state index in [1.807, 2.05) is 13.3 Å². The lowest BCUT2D eigenvalue weighted by molar-refractivity contribution is -0.121. The molecular formula is C13H27N2O2P. The first-order valence-electron chi connectivity index (χ1n) is 6.66. The summed E-state index contributed by atoms with van der Waals surface area (Å²) in [4.78, 5) is 11.2. The molecule has 0 aliphatic heterocycles. The van der Waals surface area contributed by atoms with Crippen LogP contribution >= 0.6 is 7.14 Å². The fraction of sp³-hybridized carbons (Fsp3) is 0.923. The molecule has 0 bridgehead atoms. The van der Waals surface area contributed by atoms with Crippen LogP contribution in [-0.2, 0) is 9.36 Å². The molecular weight excluding hydrogens is 247 g/mol. The van der Waals surface area contributed by atoms with E-state index in [1.165, 1.54) is 0 Å². The molecule has 1 aliphatic rings. The van der Waals surface area contributed by atoms with Gasteiger partial charge in [0.25, 0.3) is 0 Å². The van der Waals surface area contributed by atoms with Crippen LogP contribution in [0.4, 0.5) is 0 Å². The van der Waals surface area contributed by atoms with Crippen LogP contribution in [0.15, 0.2) is 0 Å². The Bertz CT molecular complexity index is 349. The maximum absolute atomic E-state index is 11.7. The van der Waals surface area contributed by atoms with Crippen LogP contribution in [0.5, 0.6) is 0 Å². The number of hydrogen-bond donors (Lipinski definition) is 2. The predicted molar refractivity (Wildman–Crippen MR) is 76.5 cm³/mol. The van der Waals surface area contributed by atoms with Crippen molar-refractivity contribution in [2.45, 2.75) is 51.6 Å². The maximum atomic E-state index is 11.7. The van der Waals surface area contributed by atoms with Crippen molar-refractivity contribution < 1.29 is 9.36 Å². The van der Waals surface area contributed by atoms with Crippen molar-refractivity contribution in [1.29, 1.82) is 0 Å². The normalized spacial score (nSPS) is 25.2. The van der Waals surface area contributed by atoms with E-state index in [0.29, 0.717) is 18.2 Å². The van der Waals surface area contributed by atoms with Gasteiger partial charge in [-0.15, -0.1) is 0 Å². The molecule has 1 amide bonds. The van der Waals surface area contributed by atoms with E-state index >= 15 is 0 Å². The summed E-state index contributed by atoms with van der Waals surface area (Å²) >= 11 is 0. The van der Waals surface area contributed by atoms with E-state index < -0.39 is 7.14 Å². The van der Waals surface area contributed by atoms with Crippen LogP contribution in [0.3, 0.4) is 0 Å². The molecule has 2 N–H and O–H groups in total. The van der Waals surface area contributed by atoms with Gasteiger partial charge in [0.2, 0.25) is 5.91 Å². The van der Waals surface area contributed by atoms with Crippen LogP contribution in [0, 0.1) is 5.92 Å². The van der Waals surface area contributed by atoms with E-state index in [0.717, 1.165) is 19.3 Å². The lowest BCUT2D eigenvalue weighted by atomic mass is 9.86. The van der Waals surface area contributed by atoms with Crippen molar-refractivity contribution in [3.8, 4) is 0 Å². The minimum absolute atomic E-state index is 0.0306. The number of carbonyl (C=O) groups is 1. The molecule has 2 atom stereocenters. The second-order valence-electron chi connectivity index (χ2n) is 6.55. The van der Waals surface area contributed by atoms with Gasteiger partial charge in [-0.25, -0.2) is 0 Å². The molecule has 1 rings (SSSR count). The van der Waals surface area contributed by atoms with Gasteiger partial charge in [-0.1, -0.05) is 0 Å². The third kappa shape index (κ3) is 5.11. The first-order chi connectivity index (χ1) is 8.10. The molecule has 0 aromatic rings. The van der Waals surface area contributed by atoms with E-state index in [2.05, 4.69) is 24.5 Å². The van der Waals surface area contributed by atoms with Gasteiger partial charge >= 0.3 is 0 Å². The lowest BCUT2D eigenvalue weighted by Gasteiger charge is -2.32. The molecule has 4 nitrogen and oxygen atoms in total. The number of hydrogen-bond acceptors (Lipinski definition) is 3. The molecule has 18 heavy (non-hydrogen) atoms. The monoisotopic (exact) mass is 274 g/mol. The molecule has 0 aromatic carbocycles. The zero-order valence-corrected chi connectivity index (χ0v) is 13.1. The fourth-order valence-corrected chi connectivity index (χ4v) is 3.42. The molecule has 1 aliphatic carbocycles. The highest BCUT2D eigenvalue weighted by molar-refractivity contribution is 7.62. The maximum Gasteiger partial charge on any atom is 0.217 e. The van der Waals surface area contributed by atoms with Crippen molar-refractivity contribution >= 4 is 13.0 Å². The minimum Gasteiger partial charge on any atom is -0.351 e. The molecule has 2 unspecified atom stereocenters. The van der Waals surface area contributed by atoms with Crippen LogP contribution in [0.1, 0.15) is 40.0 Å². The Morgan fingerprint density at radius 2 is 1.94 bits per heavy atom. The van der Waals surface area contributed by atoms with Crippen molar-refractivity contribution in [3.05, 3.63) is 0 Å². The highest BCUT2D eigenvalue weighted by Gasteiger charge is 2.36. The minimum atomic E-state index is -1.98. The van der Waals surface area contributed by atoms with Gasteiger partial charge in [-0.2, -0.15) is 0 Å². The van der Waals surface area contributed by atoms with Crippen LogP contribution in [-0.4, -0.2) is 37.1 Å². The van der Waals surface area contributed by atoms with E-state index in [1.54, 1.807) is 6.92 Å². The first-order valence-corrected chi connectivity index (χ1v) is 9.45. The van der Waals surface area contributed by atoms with Gasteiger partial charge in [0.05, 0.1) is 7.14 Å². The van der Waals surface area contributed by atoms with Crippen LogP contribution in [0.25, 0.3) is 0 Å². The predicted octanol–water partition coefficient (Wildman–Crippen LogP) is 2.24. The Hall–Kier alpha value is -0.340. The number of amides is 1. The van der Waals surface area contributed by atoms with Gasteiger partial charge < -0.3 is 15.2 Å². The smallest absolute Gasteiger partial charge is 0.217 e. The van der Waals surface area contributed by atoms with Crippen molar-refractivity contribution in [2.75, 3.05) is 19.6 Å². The SMILES string of the molecule is CC(=O)NC(C)(C)C1CCC(NCP(C)(C)=O)C1. The third-order valence-electron chi connectivity index (χ3n) is 3.71. The summed E-state index contributed by atoms with van der Waals surface area (Å²) in [5.41, 5.74) is -0.148. The topological polar surface area (TPSA) is 58.2 Å². The Kier molecular flexibility index (Phi) is 5.02. The number of rotatable bonds is 5. The third-order valence-corrected chi connectivity index (χ3v) is 4.66. The second kappa shape index (κ2) is 5.75. The summed E-state index contributed by atoms with van der Waals surface area (Å²) in [5.74, 6) is 0.523. The fourth-order valence-electron chi connectivity index (χ4n) is 2.73. The first kappa shape index (κ1) is 15.7. The van der Waals surface area contributed by atoms with Crippen LogP contribution < -0.4 is 10.6 Å². The molecule has 1 fully saturated rings. The Labute approximate surface area is 111 Å². The van der Waals surface area contributed by atoms with E-state index in [4.69, 9.17) is 0 Å². The molecule has 106 valence electrons. The van der Waals surface area contributed by atoms with Gasteiger partial charge in [0, 0.05) is 24.8 Å². The zero-order valence-electron chi connectivity index (χ0n) is 12.2. The quantitative estimate of drug-likeness (QED) is 0.756. The Balaban J connectivity index is 2.45. The van der Waals surface area contributed by atoms with Crippen molar-refractivity contribution in [3.63, 3.8) is 0 Å². The molecule has 0 aromatic heterocycles. The molecule has 1 saturated carbocycles. The van der Waals surface area contributed by atoms with E-state index in [9.17, 15) is 9.36 Å². The van der Waals surface area contributed by atoms with Gasteiger partial charge in [-0.05, 0) is 52.4 Å². The lowest BCUT2D eigenvalue weighted by Crippen LogP contribution is -2.48. The summed E-state index contributed by atoms with van der Waals surface area (Å²) in [5, 5.41) is 6.43. The molecule has 0 heterocycles. The second-order valence-corrected chi connectivity index (χ2v) is 10.0. The van der Waals surface area contributed by atoms with Crippen molar-refractivity contribution in [2.24, 2.45) is 5.92 Å². The average molecular weight is 274 g/mol. The molecule has 0 radical (unpaired) electrons. The summed E-state index contributed by atoms with van der Waals surface area (Å²) in [6.07, 6.45) is 3.88. The summed E-state index contributed by atoms with van der Waals surface area (Å²) in [7, 11) is -1.98. The summed E-state index contributed by atoms with van der Waals surface area (Å²) in [6, 6.07) is 0.441. The summed E-state index contributed by atoms with van der Waals surface area (Å²) in [6.45, 7) is 9.37. The number of carbonyl (C=O) groups excluding carboxylic acids is 1. The Morgan fingerprint density at radius 1 is 1.33 bits per heavy atom. The molecule has 5 heteroatoms. The van der Waals surface area contributed by atoms with E-state index in [-0.39, 0.29) is 11.4 Å². The summed E-state index contributed by atoms with van der Waals surface area (Å²) < 4.78 is 11.7. The standard InChI is InChI=1S/C13H27N2O2P/c1-10(16)15-13(2,3)11-6-7-12(8-11)14-9-18(4,5)17/h11-12,14H,6-9H2,1-5H3,(H,15,16). The highest BCUT2D eigenvalue weighted by atomic mass is 31.2.